The van der Waals surface area contributed by atoms with E-state index in [-0.39, 0.29) is 0 Å². The average Bonchev–Trinajstić information content (AvgIpc) is 2.74. The van der Waals surface area contributed by atoms with Crippen LogP contribution in [0.3, 0.4) is 0 Å². The first-order valence-electron chi connectivity index (χ1n) is 4.36. The van der Waals surface area contributed by atoms with E-state index in [0.717, 1.165) is 10.6 Å². The number of thiophene rings is 1. The summed E-state index contributed by atoms with van der Waals surface area (Å²) < 4.78 is 5.54. The number of halogens is 1. The molecule has 0 aromatic carbocycles. The van der Waals surface area contributed by atoms with Crippen LogP contribution < -0.4 is 0 Å². The first-order chi connectivity index (χ1) is 6.79. The van der Waals surface area contributed by atoms with Crippen LogP contribution in [0.25, 0.3) is 10.6 Å². The third kappa shape index (κ3) is 1.99. The van der Waals surface area contributed by atoms with E-state index in [4.69, 9.17) is 16.0 Å². The lowest BCUT2D eigenvalue weighted by molar-refractivity contribution is 0.515. The molecular formula is C10H10ClNOS. The molecule has 0 unspecified atom stereocenters. The molecule has 0 saturated carbocycles. The zero-order chi connectivity index (χ0) is 9.97. The summed E-state index contributed by atoms with van der Waals surface area (Å²) in [5.41, 5.74) is 1.25. The van der Waals surface area contributed by atoms with E-state index < -0.39 is 0 Å². The maximum atomic E-state index is 5.60. The minimum atomic E-state index is 0.545. The second kappa shape index (κ2) is 4.15. The molecule has 0 atom stereocenters. The van der Waals surface area contributed by atoms with Gasteiger partial charge >= 0.3 is 0 Å². The number of hydrogen-bond donors (Lipinski definition) is 0. The number of rotatable bonds is 3. The summed E-state index contributed by atoms with van der Waals surface area (Å²) in [6.07, 6.45) is 2.44. The number of nitrogens with zero attached hydrogens (tertiary/aromatic N) is 1. The van der Waals surface area contributed by atoms with Crippen LogP contribution in [0.4, 0.5) is 0 Å². The van der Waals surface area contributed by atoms with Crippen molar-refractivity contribution in [2.45, 2.75) is 13.3 Å². The van der Waals surface area contributed by atoms with Gasteiger partial charge in [0, 0.05) is 12.3 Å². The molecule has 0 fully saturated rings. The van der Waals surface area contributed by atoms with E-state index in [2.05, 4.69) is 23.4 Å². The second-order valence-corrected chi connectivity index (χ2v) is 4.33. The SMILES string of the molecule is Cc1csc(-c2cnc(CCCl)o2)c1. The molecule has 0 bridgehead atoms. The van der Waals surface area contributed by atoms with E-state index in [1.165, 1.54) is 5.56 Å². The summed E-state index contributed by atoms with van der Waals surface area (Å²) in [5.74, 6) is 2.09. The Balaban J connectivity index is 2.24. The Morgan fingerprint density at radius 1 is 1.57 bits per heavy atom. The zero-order valence-electron chi connectivity index (χ0n) is 7.79. The summed E-state index contributed by atoms with van der Waals surface area (Å²) in [6.45, 7) is 2.07. The number of alkyl halides is 1. The Labute approximate surface area is 91.5 Å². The van der Waals surface area contributed by atoms with Crippen molar-refractivity contribution < 1.29 is 4.42 Å². The third-order valence-corrected chi connectivity index (χ3v) is 3.09. The van der Waals surface area contributed by atoms with Gasteiger partial charge in [-0.05, 0) is 23.9 Å². The quantitative estimate of drug-likeness (QED) is 0.751. The molecule has 0 radical (unpaired) electrons. The van der Waals surface area contributed by atoms with Crippen LogP contribution in [0, 0.1) is 6.92 Å². The molecule has 4 heteroatoms. The molecule has 2 heterocycles. The highest BCUT2D eigenvalue weighted by molar-refractivity contribution is 7.13. The molecule has 2 rings (SSSR count). The van der Waals surface area contributed by atoms with E-state index >= 15 is 0 Å². The van der Waals surface area contributed by atoms with Crippen molar-refractivity contribution in [3.05, 3.63) is 29.1 Å². The Bertz CT molecular complexity index is 421. The fourth-order valence-corrected chi connectivity index (χ4v) is 2.19. The lowest BCUT2D eigenvalue weighted by Gasteiger charge is -1.89. The van der Waals surface area contributed by atoms with Gasteiger partial charge in [-0.3, -0.25) is 0 Å². The summed E-state index contributed by atoms with van der Waals surface area (Å²) in [5, 5.41) is 2.10. The molecule has 0 N–H and O–H groups in total. The van der Waals surface area contributed by atoms with Crippen molar-refractivity contribution in [1.29, 1.82) is 0 Å². The highest BCUT2D eigenvalue weighted by Gasteiger charge is 2.07. The molecule has 0 aliphatic heterocycles. The summed E-state index contributed by atoms with van der Waals surface area (Å²) >= 11 is 7.27. The lowest BCUT2D eigenvalue weighted by Crippen LogP contribution is -1.83. The number of hydrogen-bond acceptors (Lipinski definition) is 3. The van der Waals surface area contributed by atoms with Crippen LogP contribution in [0.1, 0.15) is 11.5 Å². The lowest BCUT2D eigenvalue weighted by atomic mass is 10.3. The van der Waals surface area contributed by atoms with Gasteiger partial charge in [-0.15, -0.1) is 22.9 Å². The van der Waals surface area contributed by atoms with Crippen LogP contribution in [0.5, 0.6) is 0 Å². The normalized spacial score (nSPS) is 10.7. The molecule has 0 amide bonds. The Kier molecular flexibility index (Phi) is 2.89. The van der Waals surface area contributed by atoms with Crippen LogP contribution in [-0.2, 0) is 6.42 Å². The largest absolute Gasteiger partial charge is 0.440 e. The van der Waals surface area contributed by atoms with Gasteiger partial charge in [0.05, 0.1) is 11.1 Å². The molecule has 2 aromatic heterocycles. The molecule has 2 aromatic rings. The molecule has 0 aliphatic carbocycles. The zero-order valence-corrected chi connectivity index (χ0v) is 9.36. The first-order valence-corrected chi connectivity index (χ1v) is 5.77. The average molecular weight is 228 g/mol. The monoisotopic (exact) mass is 227 g/mol. The maximum Gasteiger partial charge on any atom is 0.196 e. The summed E-state index contributed by atoms with van der Waals surface area (Å²) in [4.78, 5) is 5.27. The standard InChI is InChI=1S/C10H10ClNOS/c1-7-4-9(14-6-7)8-5-12-10(13-8)2-3-11/h4-6H,2-3H2,1H3. The molecular weight excluding hydrogens is 218 g/mol. The predicted molar refractivity (Wildman–Crippen MR) is 59.0 cm³/mol. The molecule has 2 nitrogen and oxygen atoms in total. The first kappa shape index (κ1) is 9.74. The molecule has 14 heavy (non-hydrogen) atoms. The van der Waals surface area contributed by atoms with Gasteiger partial charge in [0.15, 0.2) is 11.7 Å². The van der Waals surface area contributed by atoms with Gasteiger partial charge in [0.2, 0.25) is 0 Å². The van der Waals surface area contributed by atoms with Crippen molar-refractivity contribution in [2.75, 3.05) is 5.88 Å². The van der Waals surface area contributed by atoms with Crippen molar-refractivity contribution in [1.82, 2.24) is 4.98 Å². The van der Waals surface area contributed by atoms with E-state index in [9.17, 15) is 0 Å². The van der Waals surface area contributed by atoms with Crippen LogP contribution in [-0.4, -0.2) is 10.9 Å². The molecule has 74 valence electrons. The minimum absolute atomic E-state index is 0.545. The van der Waals surface area contributed by atoms with Gasteiger partial charge in [-0.1, -0.05) is 0 Å². The highest BCUT2D eigenvalue weighted by atomic mass is 35.5. The predicted octanol–water partition coefficient (Wildman–Crippen LogP) is 3.49. The van der Waals surface area contributed by atoms with Crippen molar-refractivity contribution in [3.63, 3.8) is 0 Å². The molecule has 0 saturated heterocycles. The van der Waals surface area contributed by atoms with Crippen molar-refractivity contribution >= 4 is 22.9 Å². The smallest absolute Gasteiger partial charge is 0.196 e. The maximum absolute atomic E-state index is 5.60. The van der Waals surface area contributed by atoms with Gasteiger partial charge < -0.3 is 4.42 Å². The van der Waals surface area contributed by atoms with Crippen LogP contribution >= 0.6 is 22.9 Å². The Hall–Kier alpha value is -0.800. The fourth-order valence-electron chi connectivity index (χ4n) is 1.18. The van der Waals surface area contributed by atoms with Gasteiger partial charge in [-0.2, -0.15) is 0 Å². The van der Waals surface area contributed by atoms with E-state index in [1.54, 1.807) is 17.5 Å². The molecule has 0 spiro atoms. The second-order valence-electron chi connectivity index (χ2n) is 3.05. The van der Waals surface area contributed by atoms with Crippen LogP contribution in [0.15, 0.2) is 22.1 Å². The van der Waals surface area contributed by atoms with Gasteiger partial charge in [-0.25, -0.2) is 4.98 Å². The number of aromatic nitrogens is 1. The van der Waals surface area contributed by atoms with Crippen LogP contribution in [0.2, 0.25) is 0 Å². The molecule has 0 aliphatic rings. The highest BCUT2D eigenvalue weighted by Crippen LogP contribution is 2.27. The van der Waals surface area contributed by atoms with Crippen molar-refractivity contribution in [2.24, 2.45) is 0 Å². The number of aryl methyl sites for hydroxylation is 2. The Morgan fingerprint density at radius 3 is 3.07 bits per heavy atom. The van der Waals surface area contributed by atoms with Gasteiger partial charge in [0.25, 0.3) is 0 Å². The van der Waals surface area contributed by atoms with E-state index in [1.807, 2.05) is 0 Å². The third-order valence-electron chi connectivity index (χ3n) is 1.84. The van der Waals surface area contributed by atoms with Crippen molar-refractivity contribution in [3.8, 4) is 10.6 Å². The topological polar surface area (TPSA) is 26.0 Å². The summed E-state index contributed by atoms with van der Waals surface area (Å²) in [6, 6.07) is 2.09. The Morgan fingerprint density at radius 2 is 2.43 bits per heavy atom. The minimum Gasteiger partial charge on any atom is -0.440 e. The number of oxazole rings is 1. The fraction of sp³-hybridized carbons (Fsp3) is 0.300. The van der Waals surface area contributed by atoms with E-state index in [0.29, 0.717) is 18.2 Å². The summed E-state index contributed by atoms with van der Waals surface area (Å²) in [7, 11) is 0. The van der Waals surface area contributed by atoms with Gasteiger partial charge in [0.1, 0.15) is 0 Å².